The number of rotatable bonds is 2. The molecule has 0 atom stereocenters. The molecule has 0 fully saturated rings. The van der Waals surface area contributed by atoms with Gasteiger partial charge in [0.2, 0.25) is 0 Å². The maximum atomic E-state index is 13.0. The highest BCUT2D eigenvalue weighted by atomic mass is 79.9. The molecule has 0 saturated carbocycles. The molecule has 0 aliphatic carbocycles. The molecule has 0 heterocycles. The smallest absolute Gasteiger partial charge is 0.182 e. The molecule has 0 aliphatic heterocycles. The van der Waals surface area contributed by atoms with Gasteiger partial charge in [0.05, 0.1) is 10.9 Å². The van der Waals surface area contributed by atoms with E-state index in [4.69, 9.17) is 10.4 Å². The van der Waals surface area contributed by atoms with E-state index in [1.807, 2.05) is 0 Å². The number of aromatic hydroxyl groups is 1. The first-order valence-corrected chi connectivity index (χ1v) is 4.74. The second-order valence-electron chi connectivity index (χ2n) is 2.53. The fraction of sp³-hybridized carbons (Fsp3) is 0.111. The molecule has 0 aromatic heterocycles. The molecule has 5 heteroatoms. The largest absolute Gasteiger partial charge is 0.505 e. The van der Waals surface area contributed by atoms with Crippen LogP contribution >= 0.6 is 15.9 Å². The van der Waals surface area contributed by atoms with E-state index in [0.29, 0.717) is 0 Å². The van der Waals surface area contributed by atoms with Crippen molar-refractivity contribution in [1.82, 2.24) is 0 Å². The Hall–Kier alpha value is -1.41. The molecule has 0 bridgehead atoms. The van der Waals surface area contributed by atoms with E-state index in [-0.39, 0.29) is 22.2 Å². The number of hydrogen-bond donors (Lipinski definition) is 1. The van der Waals surface area contributed by atoms with Crippen LogP contribution in [0, 0.1) is 17.1 Å². The van der Waals surface area contributed by atoms with E-state index < -0.39 is 11.6 Å². The summed E-state index contributed by atoms with van der Waals surface area (Å²) in [6.07, 6.45) is 0. The molecule has 0 amide bonds. The monoisotopic (exact) mass is 257 g/mol. The van der Waals surface area contributed by atoms with E-state index in [0.717, 1.165) is 12.1 Å². The molecule has 0 saturated heterocycles. The first kappa shape index (κ1) is 10.7. The van der Waals surface area contributed by atoms with Gasteiger partial charge >= 0.3 is 0 Å². The first-order chi connectivity index (χ1) is 6.60. The van der Waals surface area contributed by atoms with Crippen molar-refractivity contribution < 1.29 is 14.3 Å². The molecule has 0 spiro atoms. The minimum absolute atomic E-state index is 0.0585. The molecule has 1 aromatic rings. The second-order valence-corrected chi connectivity index (χ2v) is 3.09. The summed E-state index contributed by atoms with van der Waals surface area (Å²) in [4.78, 5) is 11.2. The Labute approximate surface area is 87.9 Å². The summed E-state index contributed by atoms with van der Waals surface area (Å²) in [6, 6.07) is 3.66. The summed E-state index contributed by atoms with van der Waals surface area (Å²) >= 11 is 2.93. The lowest BCUT2D eigenvalue weighted by atomic mass is 10.1. The topological polar surface area (TPSA) is 61.1 Å². The van der Waals surface area contributed by atoms with Crippen LogP contribution in [0.2, 0.25) is 0 Å². The number of Topliss-reactive ketones (excluding diaryl/α,β-unsaturated/α-hetero) is 1. The van der Waals surface area contributed by atoms with Crippen molar-refractivity contribution in [3.8, 4) is 11.8 Å². The van der Waals surface area contributed by atoms with Gasteiger partial charge in [0.25, 0.3) is 0 Å². The number of ketones is 1. The zero-order valence-corrected chi connectivity index (χ0v) is 8.51. The Morgan fingerprint density at radius 2 is 2.29 bits per heavy atom. The molecule has 3 nitrogen and oxygen atoms in total. The fourth-order valence-electron chi connectivity index (χ4n) is 0.929. The Morgan fingerprint density at radius 3 is 2.79 bits per heavy atom. The van der Waals surface area contributed by atoms with Gasteiger partial charge in [-0.1, -0.05) is 15.9 Å². The van der Waals surface area contributed by atoms with Gasteiger partial charge < -0.3 is 5.11 Å². The number of halogens is 2. The summed E-state index contributed by atoms with van der Waals surface area (Å²) in [5, 5.41) is 17.6. The number of phenols is 1. The third kappa shape index (κ3) is 1.91. The van der Waals surface area contributed by atoms with Gasteiger partial charge in [-0.05, 0) is 12.1 Å². The average molecular weight is 258 g/mol. The van der Waals surface area contributed by atoms with Crippen LogP contribution in [0.1, 0.15) is 15.9 Å². The van der Waals surface area contributed by atoms with Gasteiger partial charge in [0, 0.05) is 5.56 Å². The third-order valence-corrected chi connectivity index (χ3v) is 2.13. The molecule has 0 unspecified atom stereocenters. The minimum Gasteiger partial charge on any atom is -0.505 e. The molecule has 1 N–H and O–H groups in total. The highest BCUT2D eigenvalue weighted by Crippen LogP contribution is 2.21. The van der Waals surface area contributed by atoms with Crippen molar-refractivity contribution in [3.63, 3.8) is 0 Å². The van der Waals surface area contributed by atoms with Crippen molar-refractivity contribution in [1.29, 1.82) is 5.26 Å². The van der Waals surface area contributed by atoms with Gasteiger partial charge in [-0.3, -0.25) is 4.79 Å². The lowest BCUT2D eigenvalue weighted by molar-refractivity contribution is 0.102. The summed E-state index contributed by atoms with van der Waals surface area (Å²) in [6.45, 7) is 0. The summed E-state index contributed by atoms with van der Waals surface area (Å²) < 4.78 is 13.0. The summed E-state index contributed by atoms with van der Waals surface area (Å²) in [5.74, 6) is -2.01. The second kappa shape index (κ2) is 4.20. The van der Waals surface area contributed by atoms with E-state index in [1.165, 1.54) is 0 Å². The normalized spacial score (nSPS) is 9.50. The van der Waals surface area contributed by atoms with Crippen LogP contribution < -0.4 is 0 Å². The van der Waals surface area contributed by atoms with E-state index in [9.17, 15) is 9.18 Å². The van der Waals surface area contributed by atoms with Gasteiger partial charge in [-0.25, -0.2) is 4.39 Å². The highest BCUT2D eigenvalue weighted by Gasteiger charge is 2.13. The molecule has 1 aromatic carbocycles. The Morgan fingerprint density at radius 1 is 1.64 bits per heavy atom. The summed E-state index contributed by atoms with van der Waals surface area (Å²) in [7, 11) is 0. The fourth-order valence-corrected chi connectivity index (χ4v) is 1.25. The van der Waals surface area contributed by atoms with Crippen LogP contribution in [0.3, 0.4) is 0 Å². The van der Waals surface area contributed by atoms with Gasteiger partial charge in [-0.15, -0.1) is 0 Å². The Kier molecular flexibility index (Phi) is 3.20. The van der Waals surface area contributed by atoms with Gasteiger partial charge in [0.15, 0.2) is 17.3 Å². The lowest BCUT2D eigenvalue weighted by Crippen LogP contribution is -2.01. The van der Waals surface area contributed by atoms with E-state index in [2.05, 4.69) is 15.9 Å². The van der Waals surface area contributed by atoms with Crippen LogP contribution in [-0.2, 0) is 0 Å². The Bertz CT molecular complexity index is 426. The van der Waals surface area contributed by atoms with Crippen molar-refractivity contribution in [2.45, 2.75) is 0 Å². The molecule has 1 rings (SSSR count). The number of hydrogen-bond acceptors (Lipinski definition) is 3. The van der Waals surface area contributed by atoms with E-state index in [1.54, 1.807) is 6.07 Å². The van der Waals surface area contributed by atoms with E-state index >= 15 is 0 Å². The SMILES string of the molecule is N#Cc1cc(C(=O)CBr)cc(O)c1F. The molecule has 72 valence electrons. The maximum absolute atomic E-state index is 13.0. The quantitative estimate of drug-likeness (QED) is 0.651. The number of benzene rings is 1. The first-order valence-electron chi connectivity index (χ1n) is 3.62. The average Bonchev–Trinajstić information content (AvgIpc) is 2.20. The number of nitriles is 1. The zero-order valence-electron chi connectivity index (χ0n) is 6.92. The number of alkyl halides is 1. The van der Waals surface area contributed by atoms with Crippen LogP contribution in [0.25, 0.3) is 0 Å². The number of carbonyl (C=O) groups is 1. The standard InChI is InChI=1S/C9H5BrFNO2/c10-3-8(14)5-1-6(4-12)9(11)7(13)2-5/h1-2,13H,3H2. The van der Waals surface area contributed by atoms with Crippen LogP contribution in [0.4, 0.5) is 4.39 Å². The third-order valence-electron chi connectivity index (χ3n) is 1.62. The summed E-state index contributed by atoms with van der Waals surface area (Å²) in [5.41, 5.74) is -0.230. The number of phenolic OH excluding ortho intramolecular Hbond substituents is 1. The van der Waals surface area contributed by atoms with Crippen molar-refractivity contribution in [2.24, 2.45) is 0 Å². The predicted octanol–water partition coefficient (Wildman–Crippen LogP) is 1.98. The predicted molar refractivity (Wildman–Crippen MR) is 50.9 cm³/mol. The van der Waals surface area contributed by atoms with Gasteiger partial charge in [0.1, 0.15) is 6.07 Å². The van der Waals surface area contributed by atoms with Crippen LogP contribution in [0.5, 0.6) is 5.75 Å². The van der Waals surface area contributed by atoms with Crippen LogP contribution in [0.15, 0.2) is 12.1 Å². The van der Waals surface area contributed by atoms with Gasteiger partial charge in [-0.2, -0.15) is 5.26 Å². The van der Waals surface area contributed by atoms with Crippen molar-refractivity contribution >= 4 is 21.7 Å². The Balaban J connectivity index is 3.32. The molecular formula is C9H5BrFNO2. The highest BCUT2D eigenvalue weighted by molar-refractivity contribution is 9.09. The zero-order chi connectivity index (χ0) is 10.7. The van der Waals surface area contributed by atoms with Crippen molar-refractivity contribution in [3.05, 3.63) is 29.1 Å². The lowest BCUT2D eigenvalue weighted by Gasteiger charge is -2.01. The number of carbonyl (C=O) groups excluding carboxylic acids is 1. The van der Waals surface area contributed by atoms with Crippen LogP contribution in [-0.4, -0.2) is 16.2 Å². The maximum Gasteiger partial charge on any atom is 0.182 e. The molecular weight excluding hydrogens is 253 g/mol. The minimum atomic E-state index is -1.00. The van der Waals surface area contributed by atoms with Crippen molar-refractivity contribution in [2.75, 3.05) is 5.33 Å². The molecule has 0 radical (unpaired) electrons. The molecule has 0 aliphatic rings. The molecule has 14 heavy (non-hydrogen) atoms. The number of nitrogens with zero attached hydrogens (tertiary/aromatic N) is 1.